The third kappa shape index (κ3) is 3.38. The first kappa shape index (κ1) is 19.2. The Hall–Kier alpha value is -2.10. The Bertz CT molecular complexity index is 1130. The lowest BCUT2D eigenvalue weighted by molar-refractivity contribution is 0.681. The van der Waals surface area contributed by atoms with Crippen molar-refractivity contribution in [1.82, 2.24) is 19.5 Å². The van der Waals surface area contributed by atoms with Crippen molar-refractivity contribution in [3.63, 3.8) is 0 Å². The molecule has 4 aromatic heterocycles. The van der Waals surface area contributed by atoms with Gasteiger partial charge in [-0.2, -0.15) is 0 Å². The summed E-state index contributed by atoms with van der Waals surface area (Å²) in [4.78, 5) is 14.6. The quantitative estimate of drug-likeness (QED) is 0.454. The number of aryl methyl sites for hydroxylation is 1. The Labute approximate surface area is 173 Å². The number of pyridine rings is 1. The van der Waals surface area contributed by atoms with Crippen LogP contribution in [0.5, 0.6) is 0 Å². The standard InChI is InChI=1S/C19H21N5OS3/c1-3-5-10-28(25)19-15(20)14-12(16-21-6-8-24(16)4-2)11-13(23-18(14)27-19)17-22-7-9-26-17/h6-9,11H,3-5,10,20H2,1-2H3. The van der Waals surface area contributed by atoms with Crippen LogP contribution in [0.3, 0.4) is 0 Å². The van der Waals surface area contributed by atoms with Crippen molar-refractivity contribution in [3.05, 3.63) is 30.0 Å². The number of anilines is 1. The van der Waals surface area contributed by atoms with Gasteiger partial charge in [-0.15, -0.1) is 22.7 Å². The highest BCUT2D eigenvalue weighted by molar-refractivity contribution is 7.87. The summed E-state index contributed by atoms with van der Waals surface area (Å²) in [7, 11) is -1.12. The predicted molar refractivity (Wildman–Crippen MR) is 118 cm³/mol. The van der Waals surface area contributed by atoms with Crippen LogP contribution in [-0.4, -0.2) is 29.5 Å². The lowest BCUT2D eigenvalue weighted by Crippen LogP contribution is -2.00. The van der Waals surface area contributed by atoms with Crippen molar-refractivity contribution in [2.24, 2.45) is 0 Å². The molecule has 0 saturated carbocycles. The number of nitrogens with zero attached hydrogens (tertiary/aromatic N) is 4. The summed E-state index contributed by atoms with van der Waals surface area (Å²) in [5.41, 5.74) is 8.77. The highest BCUT2D eigenvalue weighted by Crippen LogP contribution is 2.42. The zero-order valence-corrected chi connectivity index (χ0v) is 18.2. The van der Waals surface area contributed by atoms with Gasteiger partial charge >= 0.3 is 0 Å². The molecule has 0 saturated heterocycles. The maximum atomic E-state index is 12.8. The van der Waals surface area contributed by atoms with Crippen molar-refractivity contribution in [2.75, 3.05) is 11.5 Å². The number of imidazole rings is 1. The van der Waals surface area contributed by atoms with Gasteiger partial charge in [0, 0.05) is 47.2 Å². The fraction of sp³-hybridized carbons (Fsp3) is 0.316. The number of nitrogen functional groups attached to an aromatic ring is 1. The fourth-order valence-electron chi connectivity index (χ4n) is 3.08. The van der Waals surface area contributed by atoms with Crippen molar-refractivity contribution in [3.8, 4) is 22.1 Å². The summed E-state index contributed by atoms with van der Waals surface area (Å²) in [5, 5.41) is 3.62. The zero-order valence-electron chi connectivity index (χ0n) is 15.7. The minimum atomic E-state index is -1.12. The van der Waals surface area contributed by atoms with Gasteiger partial charge < -0.3 is 10.3 Å². The average Bonchev–Trinajstić information content (AvgIpc) is 3.45. The molecule has 0 aromatic carbocycles. The van der Waals surface area contributed by atoms with Crippen LogP contribution in [0.25, 0.3) is 32.3 Å². The SMILES string of the molecule is CCCCS(=O)c1sc2nc(-c3nccs3)cc(-c3nccn3CC)c2c1N. The first-order valence-corrected chi connectivity index (χ1v) is 12.2. The first-order valence-electron chi connectivity index (χ1n) is 9.16. The number of rotatable bonds is 7. The third-order valence-corrected chi connectivity index (χ3v) is 8.29. The van der Waals surface area contributed by atoms with Crippen molar-refractivity contribution in [2.45, 2.75) is 37.4 Å². The second kappa shape index (κ2) is 8.10. The molecule has 0 spiro atoms. The van der Waals surface area contributed by atoms with Crippen LogP contribution in [-0.2, 0) is 17.3 Å². The van der Waals surface area contributed by atoms with Crippen LogP contribution in [0.15, 0.2) is 34.2 Å². The van der Waals surface area contributed by atoms with Gasteiger partial charge in [0.15, 0.2) is 0 Å². The number of nitrogens with two attached hydrogens (primary N) is 1. The summed E-state index contributed by atoms with van der Waals surface area (Å²) < 4.78 is 15.6. The molecule has 28 heavy (non-hydrogen) atoms. The van der Waals surface area contributed by atoms with Crippen molar-refractivity contribution in [1.29, 1.82) is 0 Å². The summed E-state index contributed by atoms with van der Waals surface area (Å²) in [5.74, 6) is 1.45. The van der Waals surface area contributed by atoms with Gasteiger partial charge in [-0.1, -0.05) is 13.3 Å². The number of thiazole rings is 1. The Morgan fingerprint density at radius 2 is 2.11 bits per heavy atom. The number of unbranched alkanes of at least 4 members (excludes halogenated alkanes) is 1. The van der Waals surface area contributed by atoms with E-state index >= 15 is 0 Å². The van der Waals surface area contributed by atoms with Gasteiger partial charge in [0.25, 0.3) is 0 Å². The van der Waals surface area contributed by atoms with Gasteiger partial charge in [-0.05, 0) is 19.4 Å². The van der Waals surface area contributed by atoms with E-state index in [-0.39, 0.29) is 0 Å². The molecule has 146 valence electrons. The zero-order chi connectivity index (χ0) is 19.7. The van der Waals surface area contributed by atoms with Gasteiger partial charge in [0.1, 0.15) is 25.6 Å². The molecule has 2 N–H and O–H groups in total. The van der Waals surface area contributed by atoms with E-state index in [4.69, 9.17) is 10.7 Å². The summed E-state index contributed by atoms with van der Waals surface area (Å²) in [6.07, 6.45) is 7.42. The Balaban J connectivity index is 1.96. The van der Waals surface area contributed by atoms with E-state index in [1.165, 1.54) is 11.3 Å². The van der Waals surface area contributed by atoms with Gasteiger partial charge in [-0.3, -0.25) is 4.21 Å². The van der Waals surface area contributed by atoms with Crippen LogP contribution in [0.4, 0.5) is 5.69 Å². The summed E-state index contributed by atoms with van der Waals surface area (Å²) in [6, 6.07) is 2.00. The Morgan fingerprint density at radius 1 is 1.25 bits per heavy atom. The molecular weight excluding hydrogens is 410 g/mol. The monoisotopic (exact) mass is 431 g/mol. The molecule has 0 radical (unpaired) electrons. The Kier molecular flexibility index (Phi) is 5.56. The molecule has 0 aliphatic carbocycles. The molecule has 4 aromatic rings. The molecular formula is C19H21N5OS3. The van der Waals surface area contributed by atoms with E-state index in [0.29, 0.717) is 15.6 Å². The third-order valence-electron chi connectivity index (χ3n) is 4.50. The largest absolute Gasteiger partial charge is 0.396 e. The molecule has 4 heterocycles. The molecule has 6 nitrogen and oxygen atoms in total. The maximum Gasteiger partial charge on any atom is 0.141 e. The van der Waals surface area contributed by atoms with E-state index in [2.05, 4.69) is 28.4 Å². The highest BCUT2D eigenvalue weighted by Gasteiger charge is 2.22. The normalized spacial score (nSPS) is 12.6. The minimum absolute atomic E-state index is 0.563. The van der Waals surface area contributed by atoms with Crippen LogP contribution in [0.1, 0.15) is 26.7 Å². The predicted octanol–water partition coefficient (Wildman–Crippen LogP) is 4.79. The molecule has 1 atom stereocenters. The molecule has 0 aliphatic heterocycles. The number of fused-ring (bicyclic) bond motifs is 1. The highest BCUT2D eigenvalue weighted by atomic mass is 32.2. The molecule has 1 unspecified atom stereocenters. The molecule has 0 aliphatic rings. The van der Waals surface area contributed by atoms with E-state index in [9.17, 15) is 4.21 Å². The lowest BCUT2D eigenvalue weighted by Gasteiger charge is -2.09. The van der Waals surface area contributed by atoms with Crippen LogP contribution < -0.4 is 5.73 Å². The van der Waals surface area contributed by atoms with Crippen LogP contribution >= 0.6 is 22.7 Å². The molecule has 0 amide bonds. The van der Waals surface area contributed by atoms with Crippen molar-refractivity contribution >= 4 is 49.4 Å². The summed E-state index contributed by atoms with van der Waals surface area (Å²) in [6.45, 7) is 4.97. The number of hydrogen-bond acceptors (Lipinski definition) is 7. The van der Waals surface area contributed by atoms with Gasteiger partial charge in [-0.25, -0.2) is 15.0 Å². The minimum Gasteiger partial charge on any atom is -0.396 e. The van der Waals surface area contributed by atoms with E-state index in [1.807, 2.05) is 17.6 Å². The lowest BCUT2D eigenvalue weighted by atomic mass is 10.1. The molecule has 4 rings (SSSR count). The van der Waals surface area contributed by atoms with E-state index < -0.39 is 10.8 Å². The van der Waals surface area contributed by atoms with E-state index in [0.717, 1.165) is 51.7 Å². The molecule has 0 fully saturated rings. The Morgan fingerprint density at radius 3 is 2.82 bits per heavy atom. The van der Waals surface area contributed by atoms with Gasteiger partial charge in [0.05, 0.1) is 16.5 Å². The number of thiophene rings is 1. The number of hydrogen-bond donors (Lipinski definition) is 1. The fourth-order valence-corrected chi connectivity index (χ4v) is 6.48. The average molecular weight is 432 g/mol. The first-order chi connectivity index (χ1) is 13.6. The summed E-state index contributed by atoms with van der Waals surface area (Å²) >= 11 is 2.96. The van der Waals surface area contributed by atoms with E-state index in [1.54, 1.807) is 23.7 Å². The maximum absolute atomic E-state index is 12.8. The van der Waals surface area contributed by atoms with Crippen LogP contribution in [0.2, 0.25) is 0 Å². The van der Waals surface area contributed by atoms with Crippen LogP contribution in [0, 0.1) is 0 Å². The molecule has 9 heteroatoms. The second-order valence-corrected chi connectivity index (χ2v) is 9.98. The smallest absolute Gasteiger partial charge is 0.141 e. The van der Waals surface area contributed by atoms with Crippen molar-refractivity contribution < 1.29 is 4.21 Å². The second-order valence-electron chi connectivity index (χ2n) is 6.32. The molecule has 0 bridgehead atoms. The number of aromatic nitrogens is 4. The topological polar surface area (TPSA) is 86.7 Å². The van der Waals surface area contributed by atoms with Gasteiger partial charge in [0.2, 0.25) is 0 Å².